The molecular weight excluding hydrogens is 218 g/mol. The normalized spacial score (nSPS) is 27.3. The van der Waals surface area contributed by atoms with E-state index >= 15 is 0 Å². The molecule has 1 saturated heterocycles. The van der Waals surface area contributed by atoms with Crippen LogP contribution < -0.4 is 0 Å². The summed E-state index contributed by atoms with van der Waals surface area (Å²) in [7, 11) is 0. The Kier molecular flexibility index (Phi) is 7.15. The highest BCUT2D eigenvalue weighted by molar-refractivity contribution is 4.74. The van der Waals surface area contributed by atoms with Crippen molar-refractivity contribution in [2.45, 2.75) is 95.9 Å². The van der Waals surface area contributed by atoms with Crippen LogP contribution in [0.5, 0.6) is 0 Å². The molecule has 0 atom stereocenters. The van der Waals surface area contributed by atoms with Gasteiger partial charge in [-0.2, -0.15) is 0 Å². The van der Waals surface area contributed by atoms with Crippen molar-refractivity contribution in [2.24, 2.45) is 0 Å². The standard InChI is InChI=1S/C17H33N/c1-2-6-10-14-17(13-9-5-1)18-15-11-7-3-4-8-12-16-18/h17H,1-16H2. The average Bonchev–Trinajstić information content (AvgIpc) is 2.61. The molecule has 0 spiro atoms. The van der Waals surface area contributed by atoms with Gasteiger partial charge in [0, 0.05) is 6.04 Å². The van der Waals surface area contributed by atoms with Gasteiger partial charge < -0.3 is 4.90 Å². The Morgan fingerprint density at radius 1 is 0.444 bits per heavy atom. The summed E-state index contributed by atoms with van der Waals surface area (Å²) in [6.07, 6.45) is 20.7. The molecule has 2 fully saturated rings. The van der Waals surface area contributed by atoms with Crippen LogP contribution in [-0.4, -0.2) is 24.0 Å². The van der Waals surface area contributed by atoms with Crippen LogP contribution in [0.15, 0.2) is 0 Å². The summed E-state index contributed by atoms with van der Waals surface area (Å²) < 4.78 is 0. The predicted molar refractivity (Wildman–Crippen MR) is 80.0 cm³/mol. The zero-order valence-corrected chi connectivity index (χ0v) is 12.3. The van der Waals surface area contributed by atoms with Crippen LogP contribution in [0, 0.1) is 0 Å². The van der Waals surface area contributed by atoms with Crippen LogP contribution in [0.1, 0.15) is 89.9 Å². The number of hydrogen-bond donors (Lipinski definition) is 0. The maximum Gasteiger partial charge on any atom is 0.00952 e. The Hall–Kier alpha value is -0.0400. The zero-order chi connectivity index (χ0) is 12.5. The van der Waals surface area contributed by atoms with E-state index in [0.717, 1.165) is 6.04 Å². The van der Waals surface area contributed by atoms with Crippen LogP contribution >= 0.6 is 0 Å². The van der Waals surface area contributed by atoms with Crippen molar-refractivity contribution < 1.29 is 0 Å². The molecule has 0 aromatic heterocycles. The third-order valence-electron chi connectivity index (χ3n) is 4.98. The molecule has 18 heavy (non-hydrogen) atoms. The van der Waals surface area contributed by atoms with Crippen molar-refractivity contribution in [3.05, 3.63) is 0 Å². The van der Waals surface area contributed by atoms with E-state index in [-0.39, 0.29) is 0 Å². The Morgan fingerprint density at radius 3 is 1.33 bits per heavy atom. The summed E-state index contributed by atoms with van der Waals surface area (Å²) in [6, 6.07) is 0.932. The largest absolute Gasteiger partial charge is 0.300 e. The quantitative estimate of drug-likeness (QED) is 0.623. The molecule has 0 bridgehead atoms. The van der Waals surface area contributed by atoms with Crippen molar-refractivity contribution in [1.82, 2.24) is 4.90 Å². The fourth-order valence-corrected chi connectivity index (χ4v) is 3.79. The first kappa shape index (κ1) is 14.4. The van der Waals surface area contributed by atoms with Gasteiger partial charge in [0.25, 0.3) is 0 Å². The Morgan fingerprint density at radius 2 is 0.833 bits per heavy atom. The lowest BCUT2D eigenvalue weighted by Gasteiger charge is -2.31. The third-order valence-corrected chi connectivity index (χ3v) is 4.98. The molecule has 0 aromatic rings. The molecule has 0 amide bonds. The van der Waals surface area contributed by atoms with Gasteiger partial charge in [0.2, 0.25) is 0 Å². The minimum atomic E-state index is 0.932. The monoisotopic (exact) mass is 251 g/mol. The molecule has 0 N–H and O–H groups in total. The molecule has 1 nitrogen and oxygen atoms in total. The van der Waals surface area contributed by atoms with E-state index in [9.17, 15) is 0 Å². The fraction of sp³-hybridized carbons (Fsp3) is 1.00. The first-order chi connectivity index (χ1) is 8.97. The highest BCUT2D eigenvalue weighted by Gasteiger charge is 2.18. The second-order valence-corrected chi connectivity index (χ2v) is 6.51. The van der Waals surface area contributed by atoms with E-state index in [4.69, 9.17) is 0 Å². The fourth-order valence-electron chi connectivity index (χ4n) is 3.79. The summed E-state index contributed by atoms with van der Waals surface area (Å²) in [5.74, 6) is 0. The van der Waals surface area contributed by atoms with Crippen LogP contribution in [-0.2, 0) is 0 Å². The van der Waals surface area contributed by atoms with Crippen molar-refractivity contribution in [2.75, 3.05) is 13.1 Å². The van der Waals surface area contributed by atoms with Gasteiger partial charge in [-0.25, -0.2) is 0 Å². The molecule has 1 heterocycles. The molecule has 0 aromatic carbocycles. The first-order valence-electron chi connectivity index (χ1n) is 8.71. The summed E-state index contributed by atoms with van der Waals surface area (Å²) in [5.41, 5.74) is 0. The molecule has 1 heteroatoms. The van der Waals surface area contributed by atoms with Crippen LogP contribution in [0.4, 0.5) is 0 Å². The predicted octanol–water partition coefficient (Wildman–Crippen LogP) is 5.15. The molecule has 2 rings (SSSR count). The summed E-state index contributed by atoms with van der Waals surface area (Å²) >= 11 is 0. The molecular formula is C17H33N. The smallest absolute Gasteiger partial charge is 0.00952 e. The van der Waals surface area contributed by atoms with E-state index in [1.165, 1.54) is 103 Å². The minimum absolute atomic E-state index is 0.932. The Labute approximate surface area is 114 Å². The van der Waals surface area contributed by atoms with Gasteiger partial charge in [0.1, 0.15) is 0 Å². The third kappa shape index (κ3) is 5.30. The van der Waals surface area contributed by atoms with E-state index in [0.29, 0.717) is 0 Å². The summed E-state index contributed by atoms with van der Waals surface area (Å²) in [6.45, 7) is 2.79. The number of rotatable bonds is 1. The second-order valence-electron chi connectivity index (χ2n) is 6.51. The lowest BCUT2D eigenvalue weighted by atomic mass is 10.0. The SMILES string of the molecule is C1CCCCC(N2CCCCCCCC2)CCC1. The maximum absolute atomic E-state index is 2.87. The molecule has 2 aliphatic rings. The van der Waals surface area contributed by atoms with Crippen molar-refractivity contribution in [3.8, 4) is 0 Å². The Bertz CT molecular complexity index is 160. The molecule has 106 valence electrons. The van der Waals surface area contributed by atoms with Crippen LogP contribution in [0.3, 0.4) is 0 Å². The molecule has 0 unspecified atom stereocenters. The van der Waals surface area contributed by atoms with Crippen molar-refractivity contribution >= 4 is 0 Å². The number of hydrogen-bond acceptors (Lipinski definition) is 1. The Balaban J connectivity index is 1.83. The topological polar surface area (TPSA) is 3.24 Å². The van der Waals surface area contributed by atoms with Crippen LogP contribution in [0.2, 0.25) is 0 Å². The van der Waals surface area contributed by atoms with Crippen molar-refractivity contribution in [3.63, 3.8) is 0 Å². The maximum atomic E-state index is 2.87. The van der Waals surface area contributed by atoms with Gasteiger partial charge in [0.05, 0.1) is 0 Å². The first-order valence-corrected chi connectivity index (χ1v) is 8.71. The van der Waals surface area contributed by atoms with Gasteiger partial charge in [-0.3, -0.25) is 0 Å². The highest BCUT2D eigenvalue weighted by Crippen LogP contribution is 2.23. The van der Waals surface area contributed by atoms with Crippen molar-refractivity contribution in [1.29, 1.82) is 0 Å². The van der Waals surface area contributed by atoms with Gasteiger partial charge in [-0.1, -0.05) is 64.2 Å². The lowest BCUT2D eigenvalue weighted by Crippen LogP contribution is -2.36. The molecule has 1 saturated carbocycles. The second kappa shape index (κ2) is 8.96. The van der Waals surface area contributed by atoms with E-state index in [2.05, 4.69) is 4.90 Å². The molecule has 0 radical (unpaired) electrons. The highest BCUT2D eigenvalue weighted by atomic mass is 15.1. The van der Waals surface area contributed by atoms with Gasteiger partial charge in [0.15, 0.2) is 0 Å². The lowest BCUT2D eigenvalue weighted by molar-refractivity contribution is 0.170. The van der Waals surface area contributed by atoms with E-state index in [1.54, 1.807) is 0 Å². The van der Waals surface area contributed by atoms with Gasteiger partial charge >= 0.3 is 0 Å². The van der Waals surface area contributed by atoms with E-state index in [1.807, 2.05) is 0 Å². The summed E-state index contributed by atoms with van der Waals surface area (Å²) in [4.78, 5) is 2.87. The average molecular weight is 251 g/mol. The van der Waals surface area contributed by atoms with Gasteiger partial charge in [-0.15, -0.1) is 0 Å². The molecule has 1 aliphatic heterocycles. The minimum Gasteiger partial charge on any atom is -0.300 e. The molecule has 1 aliphatic carbocycles. The zero-order valence-electron chi connectivity index (χ0n) is 12.3. The number of nitrogens with zero attached hydrogens (tertiary/aromatic N) is 1. The van der Waals surface area contributed by atoms with E-state index < -0.39 is 0 Å². The summed E-state index contributed by atoms with van der Waals surface area (Å²) in [5, 5.41) is 0. The van der Waals surface area contributed by atoms with Gasteiger partial charge in [-0.05, 0) is 38.8 Å². The van der Waals surface area contributed by atoms with Crippen LogP contribution in [0.25, 0.3) is 0 Å².